The van der Waals surface area contributed by atoms with E-state index in [0.717, 1.165) is 44.4 Å². The van der Waals surface area contributed by atoms with Crippen LogP contribution in [-0.4, -0.2) is 47.6 Å². The van der Waals surface area contributed by atoms with Crippen molar-refractivity contribution >= 4 is 11.9 Å². The summed E-state index contributed by atoms with van der Waals surface area (Å²) < 4.78 is 10.2. The predicted molar refractivity (Wildman–Crippen MR) is 193 cm³/mol. The van der Waals surface area contributed by atoms with E-state index < -0.39 is 18.2 Å². The quantitative estimate of drug-likeness (QED) is 0.0327. The first kappa shape index (κ1) is 43.8. The molecule has 0 saturated heterocycles. The van der Waals surface area contributed by atoms with E-state index >= 15 is 0 Å². The van der Waals surface area contributed by atoms with E-state index in [0.29, 0.717) is 19.3 Å². The van der Waals surface area contributed by atoms with E-state index in [1.54, 1.807) is 6.08 Å². The highest BCUT2D eigenvalue weighted by atomic mass is 16.6. The lowest BCUT2D eigenvalue weighted by Crippen LogP contribution is -2.25. The molecule has 0 bridgehead atoms. The zero-order valence-electron chi connectivity index (χ0n) is 29.8. The summed E-state index contributed by atoms with van der Waals surface area (Å²) in [4.78, 5) is 23.9. The van der Waals surface area contributed by atoms with Gasteiger partial charge in [0, 0.05) is 12.8 Å². The fourth-order valence-electron chi connectivity index (χ4n) is 4.93. The normalized spacial score (nSPS) is 14.1. The van der Waals surface area contributed by atoms with Crippen molar-refractivity contribution in [2.75, 3.05) is 13.2 Å². The molecule has 0 aliphatic rings. The molecule has 0 aromatic heterocycles. The van der Waals surface area contributed by atoms with Gasteiger partial charge in [0.2, 0.25) is 0 Å². The Balaban J connectivity index is 3.66. The fourth-order valence-corrected chi connectivity index (χ4v) is 4.93. The minimum absolute atomic E-state index is 0.156. The molecule has 0 aromatic rings. The second kappa shape index (κ2) is 34.2. The highest BCUT2D eigenvalue weighted by Crippen LogP contribution is 2.15. The third kappa shape index (κ3) is 33.2. The summed E-state index contributed by atoms with van der Waals surface area (Å²) >= 11 is 0. The van der Waals surface area contributed by atoms with Crippen LogP contribution in [0.2, 0.25) is 0 Å². The van der Waals surface area contributed by atoms with Crippen LogP contribution in [-0.2, 0) is 19.1 Å². The Bertz CT molecular complexity index is 815. The molecule has 46 heavy (non-hydrogen) atoms. The highest BCUT2D eigenvalue weighted by Gasteiger charge is 2.12. The first-order chi connectivity index (χ1) is 22.4. The summed E-state index contributed by atoms with van der Waals surface area (Å²) in [6, 6.07) is 0. The van der Waals surface area contributed by atoms with Gasteiger partial charge in [0.25, 0.3) is 0 Å². The summed E-state index contributed by atoms with van der Waals surface area (Å²) in [6.07, 6.45) is 37.6. The molecule has 2 N–H and O–H groups in total. The molecule has 1 unspecified atom stereocenters. The molecular weight excluding hydrogens is 576 g/mol. The largest absolute Gasteiger partial charge is 0.463 e. The minimum Gasteiger partial charge on any atom is -0.463 e. The Hall–Kier alpha value is -2.18. The number of hydrogen-bond donors (Lipinski definition) is 2. The molecule has 6 heteroatoms. The van der Waals surface area contributed by atoms with Crippen molar-refractivity contribution in [3.63, 3.8) is 0 Å². The van der Waals surface area contributed by atoms with E-state index in [2.05, 4.69) is 45.1 Å². The Morgan fingerprint density at radius 3 is 1.76 bits per heavy atom. The van der Waals surface area contributed by atoms with Crippen LogP contribution >= 0.6 is 0 Å². The summed E-state index contributed by atoms with van der Waals surface area (Å²) in [5, 5.41) is 20.1. The Labute approximate surface area is 282 Å². The number of ether oxygens (including phenoxy) is 2. The topological polar surface area (TPSA) is 93.1 Å². The molecule has 266 valence electrons. The molecule has 0 aromatic carbocycles. The van der Waals surface area contributed by atoms with E-state index in [1.807, 2.05) is 18.2 Å². The molecule has 3 atom stereocenters. The molecule has 0 fully saturated rings. The van der Waals surface area contributed by atoms with Crippen molar-refractivity contribution in [3.05, 3.63) is 48.6 Å². The summed E-state index contributed by atoms with van der Waals surface area (Å²) in [5.41, 5.74) is 0. The van der Waals surface area contributed by atoms with Crippen LogP contribution in [0.15, 0.2) is 48.6 Å². The molecule has 0 heterocycles. The minimum atomic E-state index is -1.04. The van der Waals surface area contributed by atoms with Gasteiger partial charge in [-0.1, -0.05) is 153 Å². The van der Waals surface area contributed by atoms with Crippen molar-refractivity contribution < 1.29 is 29.3 Å². The van der Waals surface area contributed by atoms with E-state index in [9.17, 15) is 19.8 Å². The van der Waals surface area contributed by atoms with Gasteiger partial charge in [-0.3, -0.25) is 9.59 Å². The molecule has 0 aliphatic heterocycles. The highest BCUT2D eigenvalue weighted by molar-refractivity contribution is 5.69. The predicted octanol–water partition coefficient (Wildman–Crippen LogP) is 10.3. The van der Waals surface area contributed by atoms with Gasteiger partial charge in [0.1, 0.15) is 19.3 Å². The number of carbonyl (C=O) groups excluding carboxylic acids is 2. The van der Waals surface area contributed by atoms with Gasteiger partial charge in [-0.15, -0.1) is 0 Å². The Morgan fingerprint density at radius 2 is 1.15 bits per heavy atom. The van der Waals surface area contributed by atoms with Crippen LogP contribution in [0.25, 0.3) is 0 Å². The number of unbranched alkanes of at least 4 members (excludes halogenated alkanes) is 12. The standard InChI is InChI=1S/C40H70O6/c1-4-6-7-8-9-10-11-12-13-17-20-23-26-30-37(41)31-28-33-40(44)46-35-38(42)34-45-39(43)32-27-24-21-18-15-14-16-19-22-25-29-36(3)5-2/h9-10,12-13,20,23,26,30,36-38,41-42H,4-8,11,14-19,21-22,24-25,27-29,31-35H2,1-3H3/b10-9-,13-12-,23-20-,30-26+/t36?,37-,38-/m1/s1. The number of carbonyl (C=O) groups is 2. The maximum Gasteiger partial charge on any atom is 0.305 e. The van der Waals surface area contributed by atoms with E-state index in [1.165, 1.54) is 77.0 Å². The third-order valence-electron chi connectivity index (χ3n) is 8.21. The van der Waals surface area contributed by atoms with Crippen LogP contribution in [0.3, 0.4) is 0 Å². The number of aliphatic hydroxyl groups excluding tert-OH is 2. The summed E-state index contributed by atoms with van der Waals surface area (Å²) in [6.45, 7) is 6.45. The molecule has 0 saturated carbocycles. The number of allylic oxidation sites excluding steroid dienone is 7. The lowest BCUT2D eigenvalue weighted by atomic mass is 9.99. The fraction of sp³-hybridized carbons (Fsp3) is 0.750. The third-order valence-corrected chi connectivity index (χ3v) is 8.21. The first-order valence-electron chi connectivity index (χ1n) is 18.7. The molecule has 0 aliphatic carbocycles. The lowest BCUT2D eigenvalue weighted by molar-refractivity contribution is -0.152. The van der Waals surface area contributed by atoms with Gasteiger partial charge in [-0.25, -0.2) is 0 Å². The Morgan fingerprint density at radius 1 is 0.609 bits per heavy atom. The molecule has 0 rings (SSSR count). The summed E-state index contributed by atoms with van der Waals surface area (Å²) in [7, 11) is 0. The van der Waals surface area contributed by atoms with Gasteiger partial charge in [-0.05, 0) is 50.9 Å². The summed E-state index contributed by atoms with van der Waals surface area (Å²) in [5.74, 6) is 0.106. The number of hydrogen-bond acceptors (Lipinski definition) is 6. The van der Waals surface area contributed by atoms with Crippen LogP contribution < -0.4 is 0 Å². The van der Waals surface area contributed by atoms with Gasteiger partial charge in [0.05, 0.1) is 6.10 Å². The molecule has 6 nitrogen and oxygen atoms in total. The van der Waals surface area contributed by atoms with Gasteiger partial charge in [0.15, 0.2) is 0 Å². The smallest absolute Gasteiger partial charge is 0.305 e. The van der Waals surface area contributed by atoms with Crippen molar-refractivity contribution in [2.45, 2.75) is 174 Å². The average molecular weight is 647 g/mol. The molecule has 0 radical (unpaired) electrons. The van der Waals surface area contributed by atoms with Crippen molar-refractivity contribution in [1.29, 1.82) is 0 Å². The van der Waals surface area contributed by atoms with Crippen molar-refractivity contribution in [2.24, 2.45) is 5.92 Å². The molecule has 0 spiro atoms. The average Bonchev–Trinajstić information content (AvgIpc) is 3.05. The molecule has 0 amide bonds. The number of esters is 2. The van der Waals surface area contributed by atoms with Gasteiger partial charge < -0.3 is 19.7 Å². The van der Waals surface area contributed by atoms with Gasteiger partial charge in [-0.2, -0.15) is 0 Å². The second-order valence-corrected chi connectivity index (χ2v) is 12.8. The molecular formula is C40H70O6. The van der Waals surface area contributed by atoms with Crippen LogP contribution in [0, 0.1) is 5.92 Å². The van der Waals surface area contributed by atoms with Crippen LogP contribution in [0.1, 0.15) is 162 Å². The zero-order valence-corrected chi connectivity index (χ0v) is 29.8. The lowest BCUT2D eigenvalue weighted by Gasteiger charge is -2.12. The van der Waals surface area contributed by atoms with Gasteiger partial charge >= 0.3 is 11.9 Å². The Kier molecular flexibility index (Phi) is 32.5. The second-order valence-electron chi connectivity index (χ2n) is 12.8. The van der Waals surface area contributed by atoms with E-state index in [4.69, 9.17) is 9.47 Å². The van der Waals surface area contributed by atoms with Crippen molar-refractivity contribution in [1.82, 2.24) is 0 Å². The zero-order chi connectivity index (χ0) is 33.9. The maximum atomic E-state index is 12.0. The monoisotopic (exact) mass is 647 g/mol. The van der Waals surface area contributed by atoms with Crippen LogP contribution in [0.4, 0.5) is 0 Å². The van der Waals surface area contributed by atoms with Crippen LogP contribution in [0.5, 0.6) is 0 Å². The number of rotatable bonds is 32. The van der Waals surface area contributed by atoms with E-state index in [-0.39, 0.29) is 25.6 Å². The SMILES string of the molecule is CCCCC/C=C\C/C=C\C/C=C\C=C\[C@@H](O)CCCC(=O)OC[C@H](O)COC(=O)CCCCCCCCCCCCC(C)CC. The first-order valence-corrected chi connectivity index (χ1v) is 18.7. The van der Waals surface area contributed by atoms with Crippen molar-refractivity contribution in [3.8, 4) is 0 Å². The number of aliphatic hydroxyl groups is 2. The maximum absolute atomic E-state index is 12.0.